The number of aryl methyl sites for hydroxylation is 2. The van der Waals surface area contributed by atoms with Crippen molar-refractivity contribution >= 4 is 0 Å². The summed E-state index contributed by atoms with van der Waals surface area (Å²) in [5.41, 5.74) is 2.35. The van der Waals surface area contributed by atoms with E-state index in [0.717, 1.165) is 36.5 Å². The second-order valence-electron chi connectivity index (χ2n) is 5.67. The van der Waals surface area contributed by atoms with Crippen molar-refractivity contribution in [2.75, 3.05) is 7.05 Å². The molecule has 4 heteroatoms. The highest BCUT2D eigenvalue weighted by Crippen LogP contribution is 2.24. The zero-order chi connectivity index (χ0) is 15.4. The van der Waals surface area contributed by atoms with E-state index in [2.05, 4.69) is 42.2 Å². The van der Waals surface area contributed by atoms with E-state index < -0.39 is 0 Å². The smallest absolute Gasteiger partial charge is 0.105 e. The summed E-state index contributed by atoms with van der Waals surface area (Å²) in [6.45, 7) is 8.44. The van der Waals surface area contributed by atoms with Gasteiger partial charge in [0.1, 0.15) is 11.5 Å². The van der Waals surface area contributed by atoms with Gasteiger partial charge < -0.3 is 9.73 Å². The van der Waals surface area contributed by atoms with Gasteiger partial charge in [-0.3, -0.25) is 4.68 Å². The Morgan fingerprint density at radius 3 is 2.52 bits per heavy atom. The first-order chi connectivity index (χ1) is 10.1. The Morgan fingerprint density at radius 1 is 1.29 bits per heavy atom. The molecule has 1 N–H and O–H groups in total. The Balaban J connectivity index is 2.14. The molecule has 0 amide bonds. The molecule has 0 saturated heterocycles. The first kappa shape index (κ1) is 15.8. The van der Waals surface area contributed by atoms with Crippen LogP contribution in [0.1, 0.15) is 61.6 Å². The topological polar surface area (TPSA) is 43.0 Å². The van der Waals surface area contributed by atoms with Crippen LogP contribution < -0.4 is 5.32 Å². The van der Waals surface area contributed by atoms with Crippen LogP contribution >= 0.6 is 0 Å². The summed E-state index contributed by atoms with van der Waals surface area (Å²) < 4.78 is 7.75. The zero-order valence-corrected chi connectivity index (χ0v) is 13.8. The average Bonchev–Trinajstić information content (AvgIpc) is 3.04. The van der Waals surface area contributed by atoms with E-state index in [0.29, 0.717) is 6.04 Å². The second kappa shape index (κ2) is 6.94. The molecular formula is C17H27N3O. The van der Waals surface area contributed by atoms with Crippen molar-refractivity contribution in [1.29, 1.82) is 0 Å². The Hall–Kier alpha value is -1.55. The van der Waals surface area contributed by atoms with Crippen molar-refractivity contribution in [2.45, 2.75) is 59.0 Å². The zero-order valence-electron chi connectivity index (χ0n) is 13.8. The SMILES string of the molecule is CCC(CC)n1ccc(CC(NC)c2cc(C)oc2C)n1. The molecule has 2 aromatic heterocycles. The van der Waals surface area contributed by atoms with E-state index in [1.807, 2.05) is 20.9 Å². The summed E-state index contributed by atoms with van der Waals surface area (Å²) in [4.78, 5) is 0. The highest BCUT2D eigenvalue weighted by Gasteiger charge is 2.18. The molecule has 0 aromatic carbocycles. The van der Waals surface area contributed by atoms with Crippen molar-refractivity contribution in [1.82, 2.24) is 15.1 Å². The van der Waals surface area contributed by atoms with Crippen LogP contribution in [0.15, 0.2) is 22.7 Å². The van der Waals surface area contributed by atoms with Crippen molar-refractivity contribution < 1.29 is 4.42 Å². The molecule has 0 aliphatic carbocycles. The molecule has 0 aliphatic heterocycles. The number of aromatic nitrogens is 2. The molecule has 0 saturated carbocycles. The van der Waals surface area contributed by atoms with E-state index in [1.165, 1.54) is 5.56 Å². The normalized spacial score (nSPS) is 13.0. The van der Waals surface area contributed by atoms with E-state index >= 15 is 0 Å². The van der Waals surface area contributed by atoms with Crippen LogP contribution in [0.5, 0.6) is 0 Å². The summed E-state index contributed by atoms with van der Waals surface area (Å²) in [5, 5.41) is 8.13. The van der Waals surface area contributed by atoms with E-state index in [-0.39, 0.29) is 6.04 Å². The summed E-state index contributed by atoms with van der Waals surface area (Å²) in [5.74, 6) is 1.96. The minimum Gasteiger partial charge on any atom is -0.466 e. The molecule has 0 aliphatic rings. The minimum absolute atomic E-state index is 0.243. The van der Waals surface area contributed by atoms with Crippen LogP contribution in [0.4, 0.5) is 0 Å². The predicted octanol–water partition coefficient (Wildman–Crippen LogP) is 3.96. The fourth-order valence-corrected chi connectivity index (χ4v) is 2.93. The van der Waals surface area contributed by atoms with Crippen molar-refractivity contribution in [2.24, 2.45) is 0 Å². The summed E-state index contributed by atoms with van der Waals surface area (Å²) in [6, 6.07) is 5.00. The van der Waals surface area contributed by atoms with Gasteiger partial charge in [0.2, 0.25) is 0 Å². The number of likely N-dealkylation sites (N-methyl/N-ethyl adjacent to an activating group) is 1. The molecule has 4 nitrogen and oxygen atoms in total. The summed E-state index contributed by atoms with van der Waals surface area (Å²) >= 11 is 0. The lowest BCUT2D eigenvalue weighted by Crippen LogP contribution is -2.19. The van der Waals surface area contributed by atoms with Gasteiger partial charge in [0.25, 0.3) is 0 Å². The first-order valence-electron chi connectivity index (χ1n) is 7.87. The molecule has 0 bridgehead atoms. The quantitative estimate of drug-likeness (QED) is 0.839. The number of nitrogens with zero attached hydrogens (tertiary/aromatic N) is 2. The lowest BCUT2D eigenvalue weighted by molar-refractivity contribution is 0.423. The van der Waals surface area contributed by atoms with Gasteiger partial charge >= 0.3 is 0 Å². The molecule has 0 spiro atoms. The molecule has 1 unspecified atom stereocenters. The van der Waals surface area contributed by atoms with Crippen molar-refractivity contribution in [3.05, 3.63) is 41.1 Å². The Kier molecular flexibility index (Phi) is 5.23. The number of rotatable bonds is 7. The van der Waals surface area contributed by atoms with Crippen molar-refractivity contribution in [3.63, 3.8) is 0 Å². The van der Waals surface area contributed by atoms with Gasteiger partial charge in [-0.1, -0.05) is 13.8 Å². The molecular weight excluding hydrogens is 262 g/mol. The predicted molar refractivity (Wildman–Crippen MR) is 85.5 cm³/mol. The fraction of sp³-hybridized carbons (Fsp3) is 0.588. The third-order valence-electron chi connectivity index (χ3n) is 4.20. The maximum atomic E-state index is 5.65. The van der Waals surface area contributed by atoms with Gasteiger partial charge in [-0.25, -0.2) is 0 Å². The maximum Gasteiger partial charge on any atom is 0.105 e. The lowest BCUT2D eigenvalue weighted by Gasteiger charge is -2.15. The van der Waals surface area contributed by atoms with Gasteiger partial charge in [-0.2, -0.15) is 5.10 Å². The Bertz CT molecular complexity index is 566. The maximum absolute atomic E-state index is 5.65. The molecule has 21 heavy (non-hydrogen) atoms. The van der Waals surface area contributed by atoms with E-state index in [4.69, 9.17) is 9.52 Å². The summed E-state index contributed by atoms with van der Waals surface area (Å²) in [6.07, 6.45) is 5.22. The van der Waals surface area contributed by atoms with Crippen LogP contribution in [0.25, 0.3) is 0 Å². The van der Waals surface area contributed by atoms with Crippen LogP contribution in [-0.2, 0) is 6.42 Å². The van der Waals surface area contributed by atoms with Crippen LogP contribution in [-0.4, -0.2) is 16.8 Å². The van der Waals surface area contributed by atoms with Crippen molar-refractivity contribution in [3.8, 4) is 0 Å². The van der Waals surface area contributed by atoms with Gasteiger partial charge in [-0.15, -0.1) is 0 Å². The Labute approximate surface area is 127 Å². The highest BCUT2D eigenvalue weighted by atomic mass is 16.3. The third-order valence-corrected chi connectivity index (χ3v) is 4.20. The van der Waals surface area contributed by atoms with Crippen LogP contribution in [0, 0.1) is 13.8 Å². The van der Waals surface area contributed by atoms with Crippen LogP contribution in [0.3, 0.4) is 0 Å². The van der Waals surface area contributed by atoms with E-state index in [1.54, 1.807) is 0 Å². The molecule has 2 aromatic rings. The Morgan fingerprint density at radius 2 is 2.00 bits per heavy atom. The van der Waals surface area contributed by atoms with Gasteiger partial charge in [0, 0.05) is 24.2 Å². The highest BCUT2D eigenvalue weighted by molar-refractivity contribution is 5.25. The van der Waals surface area contributed by atoms with Gasteiger partial charge in [0.05, 0.1) is 11.7 Å². The number of hydrogen-bond donors (Lipinski definition) is 1. The molecule has 1 atom stereocenters. The standard InChI is InChI=1S/C17H27N3O/c1-6-15(7-2)20-9-8-14(19-20)11-17(18-5)16-10-12(3)21-13(16)4/h8-10,15,17-18H,6-7,11H2,1-5H3. The number of nitrogens with one attached hydrogen (secondary N) is 1. The average molecular weight is 289 g/mol. The molecule has 0 fully saturated rings. The third kappa shape index (κ3) is 3.56. The summed E-state index contributed by atoms with van der Waals surface area (Å²) in [7, 11) is 1.99. The number of furan rings is 1. The second-order valence-corrected chi connectivity index (χ2v) is 5.67. The first-order valence-corrected chi connectivity index (χ1v) is 7.87. The molecule has 0 radical (unpaired) electrons. The largest absolute Gasteiger partial charge is 0.466 e. The van der Waals surface area contributed by atoms with E-state index in [9.17, 15) is 0 Å². The fourth-order valence-electron chi connectivity index (χ4n) is 2.93. The van der Waals surface area contributed by atoms with Gasteiger partial charge in [0.15, 0.2) is 0 Å². The number of hydrogen-bond acceptors (Lipinski definition) is 3. The molecule has 2 heterocycles. The minimum atomic E-state index is 0.243. The monoisotopic (exact) mass is 289 g/mol. The van der Waals surface area contributed by atoms with Gasteiger partial charge in [-0.05, 0) is 45.9 Å². The molecule has 2 rings (SSSR count). The lowest BCUT2D eigenvalue weighted by atomic mass is 10.0. The van der Waals surface area contributed by atoms with Crippen LogP contribution in [0.2, 0.25) is 0 Å². The molecule has 116 valence electrons.